The molecule has 0 unspecified atom stereocenters. The average Bonchev–Trinajstić information content (AvgIpc) is 2.60. The van der Waals surface area contributed by atoms with Gasteiger partial charge >= 0.3 is 5.97 Å². The van der Waals surface area contributed by atoms with Crippen molar-refractivity contribution >= 4 is 21.9 Å². The van der Waals surface area contributed by atoms with Crippen LogP contribution in [0.2, 0.25) is 0 Å². The van der Waals surface area contributed by atoms with Gasteiger partial charge in [0.1, 0.15) is 5.56 Å². The highest BCUT2D eigenvalue weighted by Gasteiger charge is 2.16. The molecule has 1 aromatic carbocycles. The van der Waals surface area contributed by atoms with Crippen molar-refractivity contribution in [3.63, 3.8) is 0 Å². The SMILES string of the molecule is Cn1ncc(C(=O)O)c1-c1cccc(Br)c1. The maximum absolute atomic E-state index is 11.0. The fourth-order valence-corrected chi connectivity index (χ4v) is 1.97. The van der Waals surface area contributed by atoms with Crippen molar-refractivity contribution in [2.24, 2.45) is 7.05 Å². The number of hydrogen-bond donors (Lipinski definition) is 1. The number of aromatic carboxylic acids is 1. The van der Waals surface area contributed by atoms with Gasteiger partial charge in [0.2, 0.25) is 0 Å². The lowest BCUT2D eigenvalue weighted by atomic mass is 10.1. The highest BCUT2D eigenvalue weighted by atomic mass is 79.9. The normalized spacial score (nSPS) is 10.4. The van der Waals surface area contributed by atoms with Crippen molar-refractivity contribution in [3.05, 3.63) is 40.5 Å². The van der Waals surface area contributed by atoms with Crippen LogP contribution in [0.3, 0.4) is 0 Å². The summed E-state index contributed by atoms with van der Waals surface area (Å²) in [7, 11) is 1.72. The molecule has 1 N–H and O–H groups in total. The Labute approximate surface area is 101 Å². The number of aryl methyl sites for hydroxylation is 1. The Morgan fingerprint density at radius 2 is 2.25 bits per heavy atom. The van der Waals surface area contributed by atoms with E-state index in [9.17, 15) is 4.79 Å². The first kappa shape index (κ1) is 10.9. The van der Waals surface area contributed by atoms with Crippen LogP contribution in [0.4, 0.5) is 0 Å². The minimum Gasteiger partial charge on any atom is -0.478 e. The van der Waals surface area contributed by atoms with Gasteiger partial charge in [0, 0.05) is 17.1 Å². The Morgan fingerprint density at radius 1 is 1.50 bits per heavy atom. The van der Waals surface area contributed by atoms with Crippen LogP contribution in [0.5, 0.6) is 0 Å². The van der Waals surface area contributed by atoms with Gasteiger partial charge in [-0.1, -0.05) is 28.1 Å². The topological polar surface area (TPSA) is 55.1 Å². The molecule has 1 aromatic heterocycles. The molecule has 4 nitrogen and oxygen atoms in total. The highest BCUT2D eigenvalue weighted by Crippen LogP contribution is 2.25. The lowest BCUT2D eigenvalue weighted by Crippen LogP contribution is -2.00. The van der Waals surface area contributed by atoms with E-state index in [-0.39, 0.29) is 5.56 Å². The van der Waals surface area contributed by atoms with Gasteiger partial charge in [0.05, 0.1) is 11.9 Å². The zero-order chi connectivity index (χ0) is 11.7. The number of aromatic nitrogens is 2. The molecule has 0 aliphatic carbocycles. The molecule has 2 aromatic rings. The molecule has 0 spiro atoms. The fraction of sp³-hybridized carbons (Fsp3) is 0.0909. The van der Waals surface area contributed by atoms with Crippen molar-refractivity contribution in [1.29, 1.82) is 0 Å². The summed E-state index contributed by atoms with van der Waals surface area (Å²) in [5.41, 5.74) is 1.64. The third-order valence-corrected chi connectivity index (χ3v) is 2.76. The molecular formula is C11H9BrN2O2. The van der Waals surface area contributed by atoms with Gasteiger partial charge in [-0.3, -0.25) is 4.68 Å². The largest absolute Gasteiger partial charge is 0.478 e. The second kappa shape index (κ2) is 4.09. The van der Waals surface area contributed by atoms with E-state index in [0.717, 1.165) is 10.0 Å². The molecule has 0 amide bonds. The molecule has 0 saturated heterocycles. The van der Waals surface area contributed by atoms with E-state index in [1.165, 1.54) is 6.20 Å². The Bertz CT molecular complexity index is 549. The number of carbonyl (C=O) groups is 1. The third-order valence-electron chi connectivity index (χ3n) is 2.27. The second-order valence-corrected chi connectivity index (χ2v) is 4.26. The molecule has 0 saturated carbocycles. The third kappa shape index (κ3) is 1.86. The van der Waals surface area contributed by atoms with Gasteiger partial charge in [-0.05, 0) is 12.1 Å². The van der Waals surface area contributed by atoms with Crippen molar-refractivity contribution in [2.75, 3.05) is 0 Å². The van der Waals surface area contributed by atoms with Crippen molar-refractivity contribution in [1.82, 2.24) is 9.78 Å². The second-order valence-electron chi connectivity index (χ2n) is 3.35. The number of hydrogen-bond acceptors (Lipinski definition) is 2. The van der Waals surface area contributed by atoms with Crippen LogP contribution >= 0.6 is 15.9 Å². The van der Waals surface area contributed by atoms with Crippen LogP contribution in [0, 0.1) is 0 Å². The standard InChI is InChI=1S/C11H9BrN2O2/c1-14-10(9(6-13-14)11(15)16)7-3-2-4-8(12)5-7/h2-6H,1H3,(H,15,16). The van der Waals surface area contributed by atoms with Crippen LogP contribution in [0.25, 0.3) is 11.3 Å². The van der Waals surface area contributed by atoms with Gasteiger partial charge in [-0.15, -0.1) is 0 Å². The lowest BCUT2D eigenvalue weighted by molar-refractivity contribution is 0.0697. The Kier molecular flexibility index (Phi) is 2.78. The first-order chi connectivity index (χ1) is 7.59. The van der Waals surface area contributed by atoms with E-state index in [0.29, 0.717) is 5.69 Å². The summed E-state index contributed by atoms with van der Waals surface area (Å²) in [6, 6.07) is 7.47. The minimum absolute atomic E-state index is 0.209. The van der Waals surface area contributed by atoms with Crippen LogP contribution in [0.1, 0.15) is 10.4 Å². The zero-order valence-electron chi connectivity index (χ0n) is 8.51. The first-order valence-electron chi connectivity index (χ1n) is 4.61. The summed E-state index contributed by atoms with van der Waals surface area (Å²) in [5.74, 6) is -0.969. The summed E-state index contributed by atoms with van der Waals surface area (Å²) in [6.45, 7) is 0. The molecule has 0 fully saturated rings. The number of nitrogens with zero attached hydrogens (tertiary/aromatic N) is 2. The number of halogens is 1. The summed E-state index contributed by atoms with van der Waals surface area (Å²) >= 11 is 3.36. The summed E-state index contributed by atoms with van der Waals surface area (Å²) in [6.07, 6.45) is 1.36. The molecule has 0 aliphatic heterocycles. The first-order valence-corrected chi connectivity index (χ1v) is 5.40. The van der Waals surface area contributed by atoms with Gasteiger partial charge in [-0.25, -0.2) is 4.79 Å². The maximum Gasteiger partial charge on any atom is 0.339 e. The summed E-state index contributed by atoms with van der Waals surface area (Å²) in [5, 5.41) is 13.0. The minimum atomic E-state index is -0.969. The predicted molar refractivity (Wildman–Crippen MR) is 63.3 cm³/mol. The number of carboxylic acid groups (broad SMARTS) is 1. The average molecular weight is 281 g/mol. The van der Waals surface area contributed by atoms with Gasteiger partial charge < -0.3 is 5.11 Å². The highest BCUT2D eigenvalue weighted by molar-refractivity contribution is 9.10. The molecular weight excluding hydrogens is 272 g/mol. The fourth-order valence-electron chi connectivity index (χ4n) is 1.57. The molecule has 16 heavy (non-hydrogen) atoms. The van der Waals surface area contributed by atoms with Crippen LogP contribution in [-0.2, 0) is 7.05 Å². The van der Waals surface area contributed by atoms with Crippen LogP contribution in [-0.4, -0.2) is 20.9 Å². The summed E-state index contributed by atoms with van der Waals surface area (Å²) < 4.78 is 2.47. The van der Waals surface area contributed by atoms with E-state index >= 15 is 0 Å². The van der Waals surface area contributed by atoms with Crippen molar-refractivity contribution in [2.45, 2.75) is 0 Å². The quantitative estimate of drug-likeness (QED) is 0.920. The van der Waals surface area contributed by atoms with Crippen molar-refractivity contribution in [3.8, 4) is 11.3 Å². The predicted octanol–water partition coefficient (Wildman–Crippen LogP) is 2.55. The number of benzene rings is 1. The molecule has 1 heterocycles. The molecule has 2 rings (SSSR count). The Morgan fingerprint density at radius 3 is 2.88 bits per heavy atom. The molecule has 0 atom stereocenters. The Hall–Kier alpha value is -1.62. The molecule has 0 radical (unpaired) electrons. The van der Waals surface area contributed by atoms with E-state index in [2.05, 4.69) is 21.0 Å². The molecule has 0 aliphatic rings. The van der Waals surface area contributed by atoms with E-state index < -0.39 is 5.97 Å². The van der Waals surface area contributed by atoms with E-state index in [1.807, 2.05) is 24.3 Å². The van der Waals surface area contributed by atoms with Gasteiger partial charge in [0.15, 0.2) is 0 Å². The zero-order valence-corrected chi connectivity index (χ0v) is 10.1. The van der Waals surface area contributed by atoms with E-state index in [4.69, 9.17) is 5.11 Å². The molecule has 0 bridgehead atoms. The van der Waals surface area contributed by atoms with Crippen LogP contribution in [0.15, 0.2) is 34.9 Å². The number of carboxylic acids is 1. The van der Waals surface area contributed by atoms with Crippen LogP contribution < -0.4 is 0 Å². The van der Waals surface area contributed by atoms with Gasteiger partial charge in [0.25, 0.3) is 0 Å². The van der Waals surface area contributed by atoms with Gasteiger partial charge in [-0.2, -0.15) is 5.10 Å². The molecule has 5 heteroatoms. The van der Waals surface area contributed by atoms with E-state index in [1.54, 1.807) is 11.7 Å². The Balaban J connectivity index is 2.63. The maximum atomic E-state index is 11.0. The number of rotatable bonds is 2. The lowest BCUT2D eigenvalue weighted by Gasteiger charge is -2.04. The smallest absolute Gasteiger partial charge is 0.339 e. The summed E-state index contributed by atoms with van der Waals surface area (Å²) in [4.78, 5) is 11.0. The monoisotopic (exact) mass is 280 g/mol. The van der Waals surface area contributed by atoms with Crippen molar-refractivity contribution < 1.29 is 9.90 Å². The molecule has 82 valence electrons.